The smallest absolute Gasteiger partial charge is 0.261 e. The zero-order valence-corrected chi connectivity index (χ0v) is 15.8. The van der Waals surface area contributed by atoms with Crippen LogP contribution in [0.25, 0.3) is 23.1 Å². The van der Waals surface area contributed by atoms with Crippen molar-refractivity contribution < 1.29 is 4.42 Å². The van der Waals surface area contributed by atoms with E-state index >= 15 is 0 Å². The van der Waals surface area contributed by atoms with Gasteiger partial charge >= 0.3 is 0 Å². The molecule has 2 heterocycles. The van der Waals surface area contributed by atoms with Crippen molar-refractivity contribution in [2.75, 3.05) is 0 Å². The molecule has 5 nitrogen and oxygen atoms in total. The Morgan fingerprint density at radius 1 is 1.07 bits per heavy atom. The predicted molar refractivity (Wildman–Crippen MR) is 112 cm³/mol. The third kappa shape index (κ3) is 3.76. The van der Waals surface area contributed by atoms with Gasteiger partial charge in [-0.1, -0.05) is 35.9 Å². The van der Waals surface area contributed by atoms with Crippen LogP contribution in [0, 0.1) is 0 Å². The van der Waals surface area contributed by atoms with Crippen LogP contribution in [0.2, 0.25) is 5.02 Å². The summed E-state index contributed by atoms with van der Waals surface area (Å²) in [5.74, 6) is 1.22. The number of nitrogens with zero attached hydrogens (tertiary/aromatic N) is 2. The largest absolute Gasteiger partial charge is 0.465 e. The summed E-state index contributed by atoms with van der Waals surface area (Å²) in [7, 11) is 0. The maximum absolute atomic E-state index is 13.2. The predicted octanol–water partition coefficient (Wildman–Crippen LogP) is 4.32. The molecule has 0 saturated heterocycles. The molecule has 0 fully saturated rings. The van der Waals surface area contributed by atoms with Crippen LogP contribution >= 0.6 is 11.6 Å². The van der Waals surface area contributed by atoms with Crippen molar-refractivity contribution in [1.29, 1.82) is 0 Å². The molecule has 140 valence electrons. The molecule has 2 N–H and O–H groups in total. The first-order valence-corrected chi connectivity index (χ1v) is 9.21. The molecule has 0 atom stereocenters. The number of hydrogen-bond donors (Lipinski definition) is 1. The van der Waals surface area contributed by atoms with Gasteiger partial charge < -0.3 is 10.2 Å². The maximum Gasteiger partial charge on any atom is 0.261 e. The highest BCUT2D eigenvalue weighted by Gasteiger charge is 2.11. The minimum atomic E-state index is -0.148. The van der Waals surface area contributed by atoms with Crippen LogP contribution in [0.5, 0.6) is 0 Å². The number of hydrogen-bond acceptors (Lipinski definition) is 4. The number of benzene rings is 2. The molecule has 0 saturated carbocycles. The van der Waals surface area contributed by atoms with Crippen LogP contribution in [0.4, 0.5) is 0 Å². The zero-order chi connectivity index (χ0) is 19.5. The van der Waals surface area contributed by atoms with E-state index in [1.54, 1.807) is 47.2 Å². The second-order valence-corrected chi connectivity index (χ2v) is 6.83. The third-order valence-electron chi connectivity index (χ3n) is 4.45. The maximum atomic E-state index is 13.2. The van der Waals surface area contributed by atoms with Gasteiger partial charge in [-0.2, -0.15) is 0 Å². The van der Waals surface area contributed by atoms with Gasteiger partial charge in [-0.25, -0.2) is 4.98 Å². The normalized spacial score (nSPS) is 11.5. The molecule has 0 aliphatic carbocycles. The number of halogens is 1. The highest BCUT2D eigenvalue weighted by atomic mass is 35.5. The molecule has 6 heteroatoms. The van der Waals surface area contributed by atoms with Crippen LogP contribution in [0.15, 0.2) is 70.1 Å². The van der Waals surface area contributed by atoms with Gasteiger partial charge in [0.15, 0.2) is 0 Å². The van der Waals surface area contributed by atoms with Crippen molar-refractivity contribution in [2.45, 2.75) is 13.1 Å². The average molecular weight is 392 g/mol. The molecule has 0 aliphatic rings. The van der Waals surface area contributed by atoms with Crippen molar-refractivity contribution in [3.05, 3.63) is 98.9 Å². The molecule has 4 aromatic rings. The first kappa shape index (κ1) is 18.2. The zero-order valence-electron chi connectivity index (χ0n) is 15.0. The Morgan fingerprint density at radius 2 is 1.93 bits per heavy atom. The lowest BCUT2D eigenvalue weighted by Crippen LogP contribution is -2.24. The summed E-state index contributed by atoms with van der Waals surface area (Å²) in [6, 6.07) is 16.6. The topological polar surface area (TPSA) is 74.1 Å². The number of nitrogens with two attached hydrogens (primary N) is 1. The first-order valence-electron chi connectivity index (χ1n) is 8.83. The van der Waals surface area contributed by atoms with Crippen molar-refractivity contribution in [3.63, 3.8) is 0 Å². The monoisotopic (exact) mass is 391 g/mol. The first-order chi connectivity index (χ1) is 13.6. The van der Waals surface area contributed by atoms with Crippen LogP contribution in [-0.2, 0) is 13.1 Å². The van der Waals surface area contributed by atoms with Crippen LogP contribution in [-0.4, -0.2) is 9.55 Å². The summed E-state index contributed by atoms with van der Waals surface area (Å²) in [4.78, 5) is 17.9. The fourth-order valence-electron chi connectivity index (χ4n) is 3.07. The average Bonchev–Trinajstić information content (AvgIpc) is 3.23. The van der Waals surface area contributed by atoms with Gasteiger partial charge in [0.25, 0.3) is 5.56 Å². The van der Waals surface area contributed by atoms with Crippen LogP contribution in [0.3, 0.4) is 0 Å². The van der Waals surface area contributed by atoms with E-state index in [4.69, 9.17) is 21.8 Å². The summed E-state index contributed by atoms with van der Waals surface area (Å²) in [6.45, 7) is 0.819. The second-order valence-electron chi connectivity index (χ2n) is 6.40. The van der Waals surface area contributed by atoms with E-state index in [1.807, 2.05) is 30.3 Å². The molecule has 0 aliphatic heterocycles. The lowest BCUT2D eigenvalue weighted by atomic mass is 10.1. The lowest BCUT2D eigenvalue weighted by Gasteiger charge is -2.12. The molecule has 4 rings (SSSR count). The molecule has 2 aromatic heterocycles. The quantitative estimate of drug-likeness (QED) is 0.549. The Kier molecular flexibility index (Phi) is 5.10. The van der Waals surface area contributed by atoms with Crippen molar-refractivity contribution >= 4 is 34.7 Å². The van der Waals surface area contributed by atoms with E-state index < -0.39 is 0 Å². The lowest BCUT2D eigenvalue weighted by molar-refractivity contribution is 0.557. The summed E-state index contributed by atoms with van der Waals surface area (Å²) < 4.78 is 6.98. The molecule has 28 heavy (non-hydrogen) atoms. The van der Waals surface area contributed by atoms with Gasteiger partial charge in [-0.15, -0.1) is 0 Å². The number of furan rings is 1. The SMILES string of the molecule is NCc1cccc(Cn2c(/C=C/c3ccco3)nc3ccc(Cl)cc3c2=O)c1. The minimum Gasteiger partial charge on any atom is -0.465 e. The van der Waals surface area contributed by atoms with Crippen molar-refractivity contribution in [2.24, 2.45) is 5.73 Å². The molecular formula is C22H18ClN3O2. The molecule has 0 unspecified atom stereocenters. The Bertz CT molecular complexity index is 1210. The van der Waals surface area contributed by atoms with E-state index in [9.17, 15) is 4.79 Å². The van der Waals surface area contributed by atoms with E-state index in [0.29, 0.717) is 40.6 Å². The van der Waals surface area contributed by atoms with E-state index in [1.165, 1.54) is 0 Å². The molecule has 2 aromatic carbocycles. The summed E-state index contributed by atoms with van der Waals surface area (Å²) in [6.07, 6.45) is 5.16. The Hall–Kier alpha value is -3.15. The standard InChI is InChI=1S/C22H18ClN3O2/c23-17-6-8-20-19(12-17)22(27)26(14-16-4-1-3-15(11-16)13-24)21(25-20)9-7-18-5-2-10-28-18/h1-12H,13-14,24H2/b9-7+. The molecule has 0 spiro atoms. The fraction of sp³-hybridized carbons (Fsp3) is 0.0909. The highest BCUT2D eigenvalue weighted by Crippen LogP contribution is 2.17. The summed E-state index contributed by atoms with van der Waals surface area (Å²) in [5, 5.41) is 0.986. The highest BCUT2D eigenvalue weighted by molar-refractivity contribution is 6.31. The van der Waals surface area contributed by atoms with E-state index in [2.05, 4.69) is 4.98 Å². The number of rotatable bonds is 5. The van der Waals surface area contributed by atoms with Gasteiger partial charge in [0.2, 0.25) is 0 Å². The molecule has 0 radical (unpaired) electrons. The summed E-state index contributed by atoms with van der Waals surface area (Å²) >= 11 is 6.10. The van der Waals surface area contributed by atoms with Gasteiger partial charge in [-0.05, 0) is 53.6 Å². The van der Waals surface area contributed by atoms with Gasteiger partial charge in [0, 0.05) is 11.6 Å². The van der Waals surface area contributed by atoms with E-state index in [0.717, 1.165) is 11.1 Å². The number of fused-ring (bicyclic) bond motifs is 1. The molecular weight excluding hydrogens is 374 g/mol. The summed E-state index contributed by atoms with van der Waals surface area (Å²) in [5.41, 5.74) is 8.18. The Balaban J connectivity index is 1.86. The Morgan fingerprint density at radius 3 is 2.71 bits per heavy atom. The Labute approximate surface area is 166 Å². The minimum absolute atomic E-state index is 0.148. The van der Waals surface area contributed by atoms with Gasteiger partial charge in [-0.3, -0.25) is 9.36 Å². The van der Waals surface area contributed by atoms with Crippen molar-refractivity contribution in [1.82, 2.24) is 9.55 Å². The fourth-order valence-corrected chi connectivity index (χ4v) is 3.24. The van der Waals surface area contributed by atoms with Crippen LogP contribution < -0.4 is 11.3 Å². The van der Waals surface area contributed by atoms with Crippen molar-refractivity contribution in [3.8, 4) is 0 Å². The second kappa shape index (κ2) is 7.84. The number of aromatic nitrogens is 2. The van der Waals surface area contributed by atoms with E-state index in [-0.39, 0.29) is 5.56 Å². The molecule has 0 bridgehead atoms. The third-order valence-corrected chi connectivity index (χ3v) is 4.69. The van der Waals surface area contributed by atoms with Gasteiger partial charge in [0.05, 0.1) is 23.7 Å². The van der Waals surface area contributed by atoms with Crippen LogP contribution in [0.1, 0.15) is 22.7 Å². The van der Waals surface area contributed by atoms with Gasteiger partial charge in [0.1, 0.15) is 11.6 Å². The molecule has 0 amide bonds.